The minimum atomic E-state index is -2.66. The van der Waals surface area contributed by atoms with Gasteiger partial charge in [-0.15, -0.1) is 0 Å². The lowest BCUT2D eigenvalue weighted by Crippen LogP contribution is -2.60. The molecule has 3 fully saturated rings. The second-order valence-electron chi connectivity index (χ2n) is 11.0. The first-order valence-corrected chi connectivity index (χ1v) is 14.0. The van der Waals surface area contributed by atoms with Gasteiger partial charge in [0.05, 0.1) is 33.0 Å². The van der Waals surface area contributed by atoms with Crippen LogP contribution in [0.4, 0.5) is 0 Å². The number of aliphatic hydroxyl groups excluding tert-OH is 15. The topological polar surface area (TPSA) is 359 Å². The van der Waals surface area contributed by atoms with Crippen LogP contribution in [0, 0.1) is 0 Å². The van der Waals surface area contributed by atoms with Gasteiger partial charge < -0.3 is 105 Å². The smallest absolute Gasteiger partial charge is 0.222 e. The zero-order valence-corrected chi connectivity index (χ0v) is 23.7. The molecule has 0 aliphatic carbocycles. The SMILES string of the molecule is OCC1O[C@H](OC[C@@H](O)[C@@H](O[C@]2(CO)O[C@H](CO[C@H]3OC(CO)[C@@H](O)[C@H](O)C3O)[C@H](O)C2O)[C@H](O)C(O)CO)[C@H](O)C(O)[C@@H]1O. The third-order valence-electron chi connectivity index (χ3n) is 7.91. The molecule has 0 amide bonds. The van der Waals surface area contributed by atoms with E-state index in [0.717, 1.165) is 0 Å². The Bertz CT molecular complexity index is 884. The maximum absolute atomic E-state index is 10.9. The van der Waals surface area contributed by atoms with Crippen LogP contribution in [0.1, 0.15) is 0 Å². The van der Waals surface area contributed by atoms with Crippen LogP contribution < -0.4 is 0 Å². The molecule has 3 heterocycles. The lowest BCUT2D eigenvalue weighted by Gasteiger charge is -2.41. The van der Waals surface area contributed by atoms with Crippen LogP contribution in [-0.2, 0) is 28.4 Å². The van der Waals surface area contributed by atoms with Gasteiger partial charge in [-0.3, -0.25) is 0 Å². The largest absolute Gasteiger partial charge is 0.394 e. The summed E-state index contributed by atoms with van der Waals surface area (Å²) in [5.41, 5.74) is 0. The number of hydrogen-bond donors (Lipinski definition) is 15. The minimum Gasteiger partial charge on any atom is -0.394 e. The van der Waals surface area contributed by atoms with Crippen molar-refractivity contribution in [3.63, 3.8) is 0 Å². The van der Waals surface area contributed by atoms with Gasteiger partial charge in [-0.25, -0.2) is 0 Å². The summed E-state index contributed by atoms with van der Waals surface area (Å²) in [6.45, 7) is -5.57. The zero-order chi connectivity index (χ0) is 33.8. The van der Waals surface area contributed by atoms with E-state index >= 15 is 0 Å². The van der Waals surface area contributed by atoms with Crippen LogP contribution in [0.25, 0.3) is 0 Å². The summed E-state index contributed by atoms with van der Waals surface area (Å²) in [5, 5.41) is 151. The molecule has 0 bridgehead atoms. The Kier molecular flexibility index (Phi) is 14.2. The Labute approximate surface area is 255 Å². The maximum Gasteiger partial charge on any atom is 0.222 e. The van der Waals surface area contributed by atoms with Gasteiger partial charge in [-0.2, -0.15) is 0 Å². The van der Waals surface area contributed by atoms with Crippen molar-refractivity contribution >= 4 is 0 Å². The summed E-state index contributed by atoms with van der Waals surface area (Å²) < 4.78 is 31.9. The summed E-state index contributed by atoms with van der Waals surface area (Å²) in [6, 6.07) is 0. The molecule has 0 radical (unpaired) electrons. The van der Waals surface area contributed by atoms with Gasteiger partial charge in [0.15, 0.2) is 12.6 Å². The quantitative estimate of drug-likeness (QED) is 0.0770. The van der Waals surface area contributed by atoms with Crippen LogP contribution in [0.5, 0.6) is 0 Å². The van der Waals surface area contributed by atoms with Gasteiger partial charge >= 0.3 is 0 Å². The number of ether oxygens (including phenoxy) is 6. The van der Waals surface area contributed by atoms with Crippen LogP contribution in [-0.4, -0.2) is 226 Å². The highest BCUT2D eigenvalue weighted by molar-refractivity contribution is 4.99. The summed E-state index contributed by atoms with van der Waals surface area (Å²) in [6.07, 6.45) is -30.9. The van der Waals surface area contributed by atoms with E-state index in [-0.39, 0.29) is 0 Å². The number of rotatable bonds is 15. The van der Waals surface area contributed by atoms with E-state index < -0.39 is 150 Å². The second kappa shape index (κ2) is 16.5. The van der Waals surface area contributed by atoms with Crippen molar-refractivity contribution in [2.45, 2.75) is 110 Å². The molecule has 266 valence electrons. The van der Waals surface area contributed by atoms with Crippen molar-refractivity contribution in [2.75, 3.05) is 39.6 Å². The predicted molar refractivity (Wildman–Crippen MR) is 136 cm³/mol. The fourth-order valence-corrected chi connectivity index (χ4v) is 5.08. The Hall–Kier alpha value is -0.840. The van der Waals surface area contributed by atoms with Gasteiger partial charge in [0.2, 0.25) is 5.79 Å². The van der Waals surface area contributed by atoms with Crippen LogP contribution in [0.3, 0.4) is 0 Å². The van der Waals surface area contributed by atoms with E-state index in [0.29, 0.717) is 0 Å². The first-order chi connectivity index (χ1) is 21.2. The lowest BCUT2D eigenvalue weighted by molar-refractivity contribution is -0.336. The van der Waals surface area contributed by atoms with Crippen LogP contribution in [0.15, 0.2) is 0 Å². The molecule has 3 aliphatic heterocycles. The van der Waals surface area contributed by atoms with E-state index in [2.05, 4.69) is 0 Å². The van der Waals surface area contributed by atoms with Crippen LogP contribution >= 0.6 is 0 Å². The van der Waals surface area contributed by atoms with Crippen molar-refractivity contribution in [1.29, 1.82) is 0 Å². The first kappa shape index (κ1) is 38.6. The predicted octanol–water partition coefficient (Wildman–Crippen LogP) is -10.1. The summed E-state index contributed by atoms with van der Waals surface area (Å²) in [7, 11) is 0. The third kappa shape index (κ3) is 8.25. The van der Waals surface area contributed by atoms with Crippen molar-refractivity contribution in [2.24, 2.45) is 0 Å². The number of hydrogen-bond acceptors (Lipinski definition) is 21. The Morgan fingerprint density at radius 2 is 1.11 bits per heavy atom. The summed E-state index contributed by atoms with van der Waals surface area (Å²) in [4.78, 5) is 0. The fraction of sp³-hybridized carbons (Fsp3) is 1.00. The Balaban J connectivity index is 1.73. The van der Waals surface area contributed by atoms with Crippen molar-refractivity contribution in [3.05, 3.63) is 0 Å². The molecule has 0 aromatic rings. The van der Waals surface area contributed by atoms with Crippen molar-refractivity contribution in [1.82, 2.24) is 0 Å². The molecule has 3 aliphatic rings. The highest BCUT2D eigenvalue weighted by Crippen LogP contribution is 2.36. The van der Waals surface area contributed by atoms with Gasteiger partial charge in [0, 0.05) is 0 Å². The fourth-order valence-electron chi connectivity index (χ4n) is 5.08. The van der Waals surface area contributed by atoms with Gasteiger partial charge in [0.25, 0.3) is 0 Å². The summed E-state index contributed by atoms with van der Waals surface area (Å²) >= 11 is 0. The molecule has 18 atom stereocenters. The molecular weight excluding hydrogens is 624 g/mol. The first-order valence-electron chi connectivity index (χ1n) is 14.0. The molecule has 45 heavy (non-hydrogen) atoms. The Morgan fingerprint density at radius 1 is 0.600 bits per heavy atom. The van der Waals surface area contributed by atoms with E-state index in [1.807, 2.05) is 0 Å². The monoisotopic (exact) mass is 668 g/mol. The van der Waals surface area contributed by atoms with Crippen molar-refractivity contribution in [3.8, 4) is 0 Å². The maximum atomic E-state index is 10.9. The highest BCUT2D eigenvalue weighted by atomic mass is 16.8. The molecular formula is C24H44O21. The lowest BCUT2D eigenvalue weighted by atomic mass is 9.99. The average molecular weight is 669 g/mol. The Morgan fingerprint density at radius 3 is 1.58 bits per heavy atom. The van der Waals surface area contributed by atoms with E-state index in [1.165, 1.54) is 0 Å². The molecule has 21 heteroatoms. The van der Waals surface area contributed by atoms with E-state index in [4.69, 9.17) is 28.4 Å². The highest BCUT2D eigenvalue weighted by Gasteiger charge is 2.58. The minimum absolute atomic E-state index is 0.735. The second-order valence-corrected chi connectivity index (χ2v) is 11.0. The standard InChI is InChI=1S/C24H44O21/c25-1-7(29)12(31)20(8(30)4-40-22-18(37)16(35)13(32)9(2-26)42-22)45-24(6-28)21(39)15(34)11(44-24)5-41-23-19(38)17(36)14(33)10(3-27)43-23/h7-23,25-39H,1-6H2/t7?,8-,9?,10?,11-,12-,13-,14-,15+,16?,17+,18-,19?,20-,21?,22+,23+,24+/m1/s1. The third-order valence-corrected chi connectivity index (χ3v) is 7.91. The zero-order valence-electron chi connectivity index (χ0n) is 23.7. The van der Waals surface area contributed by atoms with Gasteiger partial charge in [0.1, 0.15) is 98.2 Å². The molecule has 0 saturated carbocycles. The van der Waals surface area contributed by atoms with Gasteiger partial charge in [-0.1, -0.05) is 0 Å². The van der Waals surface area contributed by atoms with Crippen LogP contribution in [0.2, 0.25) is 0 Å². The van der Waals surface area contributed by atoms with E-state index in [1.54, 1.807) is 0 Å². The number of aliphatic hydroxyl groups is 15. The van der Waals surface area contributed by atoms with Crippen molar-refractivity contribution < 1.29 is 105 Å². The van der Waals surface area contributed by atoms with Gasteiger partial charge in [-0.05, 0) is 0 Å². The molecule has 6 unspecified atom stereocenters. The molecule has 3 saturated heterocycles. The molecule has 15 N–H and O–H groups in total. The molecule has 21 nitrogen and oxygen atoms in total. The molecule has 0 spiro atoms. The van der Waals surface area contributed by atoms with E-state index in [9.17, 15) is 76.6 Å². The average Bonchev–Trinajstić information content (AvgIpc) is 3.28. The summed E-state index contributed by atoms with van der Waals surface area (Å²) in [5.74, 6) is -2.66. The molecule has 3 rings (SSSR count). The normalized spacial score (nSPS) is 45.3. The molecule has 0 aromatic carbocycles. The molecule has 0 aromatic heterocycles.